The summed E-state index contributed by atoms with van der Waals surface area (Å²) in [7, 11) is -3.90. The van der Waals surface area contributed by atoms with Crippen LogP contribution in [0.15, 0.2) is 23.1 Å². The van der Waals surface area contributed by atoms with E-state index in [9.17, 15) is 17.6 Å². The van der Waals surface area contributed by atoms with Gasteiger partial charge in [0.1, 0.15) is 11.6 Å². The summed E-state index contributed by atoms with van der Waals surface area (Å²) in [6.07, 6.45) is 0.281. The monoisotopic (exact) mass is 245 g/mol. The Kier molecular flexibility index (Phi) is 3.77. The third-order valence-electron chi connectivity index (χ3n) is 2.14. The zero-order valence-corrected chi connectivity index (χ0v) is 9.55. The number of primary sulfonamides is 1. The Balaban J connectivity index is 3.06. The first-order chi connectivity index (χ1) is 7.34. The highest BCUT2D eigenvalue weighted by Crippen LogP contribution is 2.14. The van der Waals surface area contributed by atoms with Crippen LogP contribution in [0.1, 0.15) is 18.9 Å². The van der Waals surface area contributed by atoms with Gasteiger partial charge in [-0.25, -0.2) is 17.9 Å². The van der Waals surface area contributed by atoms with E-state index in [1.165, 1.54) is 12.1 Å². The van der Waals surface area contributed by atoms with Crippen LogP contribution in [0.25, 0.3) is 0 Å². The molecular weight excluding hydrogens is 233 g/mol. The largest absolute Gasteiger partial charge is 0.299 e. The molecule has 0 atom stereocenters. The van der Waals surface area contributed by atoms with Gasteiger partial charge in [0.05, 0.1) is 4.90 Å². The molecule has 0 saturated carbocycles. The molecule has 0 saturated heterocycles. The molecule has 0 bridgehead atoms. The van der Waals surface area contributed by atoms with E-state index in [2.05, 4.69) is 0 Å². The molecule has 0 aliphatic carbocycles. The first-order valence-corrected chi connectivity index (χ1v) is 6.22. The van der Waals surface area contributed by atoms with Crippen LogP contribution in [0, 0.1) is 5.82 Å². The number of sulfonamides is 1. The predicted molar refractivity (Wildman–Crippen MR) is 56.8 cm³/mol. The summed E-state index contributed by atoms with van der Waals surface area (Å²) in [4.78, 5) is 10.8. The lowest BCUT2D eigenvalue weighted by atomic mass is 10.1. The van der Waals surface area contributed by atoms with Crippen LogP contribution >= 0.6 is 0 Å². The number of ketones is 1. The number of rotatable bonds is 4. The lowest BCUT2D eigenvalue weighted by Crippen LogP contribution is -2.13. The van der Waals surface area contributed by atoms with Gasteiger partial charge >= 0.3 is 0 Å². The molecule has 0 unspecified atom stereocenters. The Morgan fingerprint density at radius 1 is 1.44 bits per heavy atom. The van der Waals surface area contributed by atoms with E-state index in [-0.39, 0.29) is 22.7 Å². The molecule has 1 aromatic carbocycles. The lowest BCUT2D eigenvalue weighted by molar-refractivity contribution is -0.118. The minimum absolute atomic E-state index is 0.0345. The van der Waals surface area contributed by atoms with Crippen molar-refractivity contribution in [2.45, 2.75) is 24.7 Å². The molecule has 1 rings (SSSR count). The van der Waals surface area contributed by atoms with E-state index >= 15 is 0 Å². The SMILES string of the molecule is CCC(=O)Cc1ccc(S(N)(=O)=O)cc1F. The Labute approximate surface area is 93.3 Å². The number of halogens is 1. The number of benzene rings is 1. The fourth-order valence-electron chi connectivity index (χ4n) is 1.19. The summed E-state index contributed by atoms with van der Waals surface area (Å²) in [6, 6.07) is 3.28. The maximum absolute atomic E-state index is 13.4. The number of carbonyl (C=O) groups excluding carboxylic acids is 1. The van der Waals surface area contributed by atoms with Crippen molar-refractivity contribution in [3.63, 3.8) is 0 Å². The van der Waals surface area contributed by atoms with E-state index in [1.54, 1.807) is 6.92 Å². The van der Waals surface area contributed by atoms with Gasteiger partial charge in [-0.2, -0.15) is 0 Å². The van der Waals surface area contributed by atoms with E-state index in [0.717, 1.165) is 6.07 Å². The third kappa shape index (κ3) is 3.11. The fourth-order valence-corrected chi connectivity index (χ4v) is 1.71. The van der Waals surface area contributed by atoms with Crippen molar-refractivity contribution in [3.05, 3.63) is 29.6 Å². The van der Waals surface area contributed by atoms with E-state index in [1.807, 2.05) is 0 Å². The molecule has 0 spiro atoms. The highest BCUT2D eigenvalue weighted by molar-refractivity contribution is 7.89. The van der Waals surface area contributed by atoms with Gasteiger partial charge in [0.2, 0.25) is 10.0 Å². The first kappa shape index (κ1) is 12.8. The van der Waals surface area contributed by atoms with Gasteiger partial charge < -0.3 is 0 Å². The maximum Gasteiger partial charge on any atom is 0.238 e. The number of Topliss-reactive ketones (excluding diaryl/α,β-unsaturated/α-hetero) is 1. The average Bonchev–Trinajstić information content (AvgIpc) is 2.19. The van der Waals surface area contributed by atoms with Gasteiger partial charge in [-0.05, 0) is 17.7 Å². The zero-order valence-electron chi connectivity index (χ0n) is 8.73. The van der Waals surface area contributed by atoms with Gasteiger partial charge in [0.15, 0.2) is 0 Å². The van der Waals surface area contributed by atoms with E-state index in [0.29, 0.717) is 6.42 Å². The first-order valence-electron chi connectivity index (χ1n) is 4.67. The molecule has 2 N–H and O–H groups in total. The summed E-state index contributed by atoms with van der Waals surface area (Å²) in [5.41, 5.74) is 0.180. The Morgan fingerprint density at radius 2 is 2.06 bits per heavy atom. The average molecular weight is 245 g/mol. The standard InChI is InChI=1S/C10H12FNO3S/c1-2-8(13)5-7-3-4-9(6-10(7)11)16(12,14)15/h3-4,6H,2,5H2,1H3,(H2,12,14,15). The molecule has 1 aromatic rings. The smallest absolute Gasteiger partial charge is 0.238 e. The highest BCUT2D eigenvalue weighted by atomic mass is 32.2. The summed E-state index contributed by atoms with van der Waals surface area (Å²) in [6.45, 7) is 1.68. The highest BCUT2D eigenvalue weighted by Gasteiger charge is 2.12. The molecule has 0 amide bonds. The Hall–Kier alpha value is -1.27. The topological polar surface area (TPSA) is 77.2 Å². The molecule has 4 nitrogen and oxygen atoms in total. The van der Waals surface area contributed by atoms with Crippen molar-refractivity contribution in [2.75, 3.05) is 0 Å². The normalized spacial score (nSPS) is 11.4. The zero-order chi connectivity index (χ0) is 12.3. The van der Waals surface area contributed by atoms with Gasteiger partial charge in [-0.1, -0.05) is 13.0 Å². The Morgan fingerprint density at radius 3 is 2.50 bits per heavy atom. The van der Waals surface area contributed by atoms with Crippen LogP contribution in [0.5, 0.6) is 0 Å². The second kappa shape index (κ2) is 4.71. The lowest BCUT2D eigenvalue weighted by Gasteiger charge is -2.03. The van der Waals surface area contributed by atoms with Gasteiger partial charge in [-0.15, -0.1) is 0 Å². The molecule has 0 heterocycles. The minimum atomic E-state index is -3.90. The van der Waals surface area contributed by atoms with Gasteiger partial charge in [0, 0.05) is 12.8 Å². The van der Waals surface area contributed by atoms with Crippen LogP contribution in [0.4, 0.5) is 4.39 Å². The second-order valence-corrected chi connectivity index (χ2v) is 4.93. The summed E-state index contributed by atoms with van der Waals surface area (Å²) >= 11 is 0. The van der Waals surface area contributed by atoms with Crippen LogP contribution in [-0.4, -0.2) is 14.2 Å². The second-order valence-electron chi connectivity index (χ2n) is 3.37. The number of carbonyl (C=O) groups is 1. The number of hydrogen-bond acceptors (Lipinski definition) is 3. The third-order valence-corrected chi connectivity index (χ3v) is 3.05. The van der Waals surface area contributed by atoms with Crippen LogP contribution < -0.4 is 5.14 Å². The van der Waals surface area contributed by atoms with E-state index < -0.39 is 15.8 Å². The number of nitrogens with two attached hydrogens (primary N) is 1. The van der Waals surface area contributed by atoms with Crippen LogP contribution in [0.2, 0.25) is 0 Å². The molecule has 0 aliphatic heterocycles. The molecule has 16 heavy (non-hydrogen) atoms. The quantitative estimate of drug-likeness (QED) is 0.859. The predicted octanol–water partition coefficient (Wildman–Crippen LogP) is 0.995. The van der Waals surface area contributed by atoms with Crippen molar-refractivity contribution in [1.82, 2.24) is 0 Å². The van der Waals surface area contributed by atoms with Crippen molar-refractivity contribution < 1.29 is 17.6 Å². The summed E-state index contributed by atoms with van der Waals surface area (Å²) in [5, 5.41) is 4.84. The number of hydrogen-bond donors (Lipinski definition) is 1. The fraction of sp³-hybridized carbons (Fsp3) is 0.300. The van der Waals surface area contributed by atoms with Crippen LogP contribution in [0.3, 0.4) is 0 Å². The molecular formula is C10H12FNO3S. The van der Waals surface area contributed by atoms with Gasteiger partial charge in [0.25, 0.3) is 0 Å². The Bertz CT molecular complexity index is 511. The maximum atomic E-state index is 13.4. The van der Waals surface area contributed by atoms with Crippen molar-refractivity contribution in [3.8, 4) is 0 Å². The molecule has 0 aromatic heterocycles. The molecule has 0 radical (unpaired) electrons. The molecule has 6 heteroatoms. The molecule has 0 aliphatic rings. The summed E-state index contributed by atoms with van der Waals surface area (Å²) < 4.78 is 35.2. The minimum Gasteiger partial charge on any atom is -0.299 e. The van der Waals surface area contributed by atoms with Crippen molar-refractivity contribution in [1.29, 1.82) is 0 Å². The molecule has 88 valence electrons. The van der Waals surface area contributed by atoms with Crippen LogP contribution in [-0.2, 0) is 21.2 Å². The van der Waals surface area contributed by atoms with Crippen molar-refractivity contribution >= 4 is 15.8 Å². The summed E-state index contributed by atoms with van der Waals surface area (Å²) in [5.74, 6) is -0.837. The van der Waals surface area contributed by atoms with Gasteiger partial charge in [-0.3, -0.25) is 4.79 Å². The molecule has 0 fully saturated rings. The van der Waals surface area contributed by atoms with E-state index in [4.69, 9.17) is 5.14 Å². The van der Waals surface area contributed by atoms with Crippen molar-refractivity contribution in [2.24, 2.45) is 5.14 Å².